The Labute approximate surface area is 132 Å². The van der Waals surface area contributed by atoms with Gasteiger partial charge in [0.2, 0.25) is 5.91 Å². The van der Waals surface area contributed by atoms with Crippen molar-refractivity contribution in [3.8, 4) is 5.75 Å². The molecule has 0 bridgehead atoms. The van der Waals surface area contributed by atoms with Gasteiger partial charge in [-0.3, -0.25) is 9.59 Å². The second kappa shape index (κ2) is 6.07. The predicted molar refractivity (Wildman–Crippen MR) is 81.9 cm³/mol. The van der Waals surface area contributed by atoms with Crippen LogP contribution in [0.3, 0.4) is 0 Å². The first-order valence-corrected chi connectivity index (χ1v) is 7.25. The lowest BCUT2D eigenvalue weighted by Gasteiger charge is -2.22. The summed E-state index contributed by atoms with van der Waals surface area (Å²) in [5.74, 6) is 0.273. The molecule has 0 radical (unpaired) electrons. The lowest BCUT2D eigenvalue weighted by Crippen LogP contribution is -2.33. The molecule has 23 heavy (non-hydrogen) atoms. The highest BCUT2D eigenvalue weighted by molar-refractivity contribution is 5.95. The van der Waals surface area contributed by atoms with Crippen molar-refractivity contribution in [2.24, 2.45) is 0 Å². The molecule has 0 unspecified atom stereocenters. The van der Waals surface area contributed by atoms with Gasteiger partial charge < -0.3 is 15.4 Å². The number of carbonyl (C=O) groups excluding carboxylic acids is 2. The zero-order chi connectivity index (χ0) is 16.4. The summed E-state index contributed by atoms with van der Waals surface area (Å²) >= 11 is 0. The molecule has 8 nitrogen and oxygen atoms in total. The Morgan fingerprint density at radius 1 is 1.43 bits per heavy atom. The number of nitrogens with zero attached hydrogens (tertiary/aromatic N) is 3. The van der Waals surface area contributed by atoms with Crippen molar-refractivity contribution in [3.05, 3.63) is 36.4 Å². The van der Waals surface area contributed by atoms with E-state index in [1.54, 1.807) is 19.1 Å². The number of fused-ring (bicyclic) bond motifs is 1. The molecular weight excluding hydrogens is 298 g/mol. The molecule has 2 atom stereocenters. The molecule has 3 rings (SSSR count). The maximum absolute atomic E-state index is 12.3. The average molecular weight is 315 g/mol. The molecule has 0 aliphatic carbocycles. The molecule has 8 heteroatoms. The summed E-state index contributed by atoms with van der Waals surface area (Å²) in [6, 6.07) is 4.77. The third kappa shape index (κ3) is 3.15. The number of benzene rings is 1. The monoisotopic (exact) mass is 315 g/mol. The Balaban J connectivity index is 1.71. The molecule has 2 N–H and O–H groups in total. The van der Waals surface area contributed by atoms with Gasteiger partial charge in [0, 0.05) is 0 Å². The zero-order valence-electron chi connectivity index (χ0n) is 12.8. The van der Waals surface area contributed by atoms with Crippen LogP contribution >= 0.6 is 0 Å². The zero-order valence-corrected chi connectivity index (χ0v) is 12.8. The molecule has 0 saturated carbocycles. The summed E-state index contributed by atoms with van der Waals surface area (Å²) in [7, 11) is 0. The molecule has 2 aromatic rings. The highest BCUT2D eigenvalue weighted by atomic mass is 16.5. The molecule has 2 amide bonds. The lowest BCUT2D eigenvalue weighted by atomic mass is 10.1. The SMILES string of the molecule is C[C@H](NC(=O)[C@H](C)n1cncn1)c1ccc2c(c1)NC(=O)CO2. The number of hydrogen-bond donors (Lipinski definition) is 2. The van der Waals surface area contributed by atoms with Crippen LogP contribution in [0.15, 0.2) is 30.9 Å². The summed E-state index contributed by atoms with van der Waals surface area (Å²) in [6.45, 7) is 3.64. The summed E-state index contributed by atoms with van der Waals surface area (Å²) in [5.41, 5.74) is 1.48. The molecule has 120 valence electrons. The number of hydrogen-bond acceptors (Lipinski definition) is 5. The van der Waals surface area contributed by atoms with Crippen LogP contribution in [0.4, 0.5) is 5.69 Å². The quantitative estimate of drug-likeness (QED) is 0.878. The molecule has 1 aliphatic heterocycles. The summed E-state index contributed by atoms with van der Waals surface area (Å²) in [5, 5.41) is 9.64. The highest BCUT2D eigenvalue weighted by Crippen LogP contribution is 2.30. The van der Waals surface area contributed by atoms with Crippen LogP contribution in [0.5, 0.6) is 5.75 Å². The summed E-state index contributed by atoms with van der Waals surface area (Å²) in [4.78, 5) is 27.5. The van der Waals surface area contributed by atoms with E-state index in [0.717, 1.165) is 5.56 Å². The largest absolute Gasteiger partial charge is 0.482 e. The molecule has 0 saturated heterocycles. The van der Waals surface area contributed by atoms with Crippen LogP contribution in [-0.2, 0) is 9.59 Å². The van der Waals surface area contributed by atoms with Crippen LogP contribution in [-0.4, -0.2) is 33.2 Å². The third-order valence-electron chi connectivity index (χ3n) is 3.71. The predicted octanol–water partition coefficient (Wildman–Crippen LogP) is 1.05. The number of amides is 2. The second-order valence-electron chi connectivity index (χ2n) is 5.37. The molecular formula is C15H17N5O3. The van der Waals surface area contributed by atoms with Crippen molar-refractivity contribution in [1.29, 1.82) is 0 Å². The Hall–Kier alpha value is -2.90. The van der Waals surface area contributed by atoms with Crippen LogP contribution in [0.2, 0.25) is 0 Å². The lowest BCUT2D eigenvalue weighted by molar-refractivity contribution is -0.124. The van der Waals surface area contributed by atoms with Gasteiger partial charge in [-0.2, -0.15) is 5.10 Å². The normalized spacial score (nSPS) is 15.8. The fraction of sp³-hybridized carbons (Fsp3) is 0.333. The Kier molecular flexibility index (Phi) is 3.96. The standard InChI is InChI=1S/C15H17N5O3/c1-9(18-15(22)10(2)20-8-16-7-17-20)11-3-4-13-12(5-11)19-14(21)6-23-13/h3-5,7-10H,6H2,1-2H3,(H,18,22)(H,19,21)/t9-,10-/m0/s1. The van der Waals surface area contributed by atoms with Crippen molar-refractivity contribution in [3.63, 3.8) is 0 Å². The van der Waals surface area contributed by atoms with Crippen molar-refractivity contribution in [2.75, 3.05) is 11.9 Å². The number of carbonyl (C=O) groups is 2. The molecule has 0 fully saturated rings. The van der Waals surface area contributed by atoms with Gasteiger partial charge in [0.1, 0.15) is 24.4 Å². The van der Waals surface area contributed by atoms with E-state index in [9.17, 15) is 9.59 Å². The smallest absolute Gasteiger partial charge is 0.262 e. The molecule has 0 spiro atoms. The second-order valence-corrected chi connectivity index (χ2v) is 5.37. The Bertz CT molecular complexity index is 729. The van der Waals surface area contributed by atoms with E-state index in [-0.39, 0.29) is 24.5 Å². The highest BCUT2D eigenvalue weighted by Gasteiger charge is 2.20. The minimum atomic E-state index is -0.458. The first-order valence-electron chi connectivity index (χ1n) is 7.25. The molecule has 1 aromatic heterocycles. The molecule has 1 aliphatic rings. The van der Waals surface area contributed by atoms with Gasteiger partial charge >= 0.3 is 0 Å². The van der Waals surface area contributed by atoms with Gasteiger partial charge in [0.05, 0.1) is 11.7 Å². The van der Waals surface area contributed by atoms with E-state index < -0.39 is 6.04 Å². The van der Waals surface area contributed by atoms with Crippen LogP contribution in [0.1, 0.15) is 31.5 Å². The van der Waals surface area contributed by atoms with Crippen LogP contribution in [0, 0.1) is 0 Å². The van der Waals surface area contributed by atoms with Gasteiger partial charge in [0.25, 0.3) is 5.91 Å². The maximum Gasteiger partial charge on any atom is 0.262 e. The topological polar surface area (TPSA) is 98.1 Å². The van der Waals surface area contributed by atoms with Gasteiger partial charge in [-0.05, 0) is 31.5 Å². The Morgan fingerprint density at radius 2 is 2.26 bits per heavy atom. The van der Waals surface area contributed by atoms with E-state index in [0.29, 0.717) is 11.4 Å². The number of anilines is 1. The van der Waals surface area contributed by atoms with E-state index in [1.165, 1.54) is 17.3 Å². The van der Waals surface area contributed by atoms with E-state index in [4.69, 9.17) is 4.74 Å². The first kappa shape index (κ1) is 15.0. The number of ether oxygens (including phenoxy) is 1. The van der Waals surface area contributed by atoms with Gasteiger partial charge in [-0.1, -0.05) is 6.07 Å². The summed E-state index contributed by atoms with van der Waals surface area (Å²) < 4.78 is 6.81. The number of rotatable bonds is 4. The van der Waals surface area contributed by atoms with E-state index in [2.05, 4.69) is 20.7 Å². The fourth-order valence-electron chi connectivity index (χ4n) is 2.32. The minimum absolute atomic E-state index is 0.0219. The van der Waals surface area contributed by atoms with Crippen molar-refractivity contribution in [2.45, 2.75) is 25.9 Å². The van der Waals surface area contributed by atoms with Crippen LogP contribution < -0.4 is 15.4 Å². The van der Waals surface area contributed by atoms with Gasteiger partial charge in [-0.25, -0.2) is 9.67 Å². The number of nitrogens with one attached hydrogen (secondary N) is 2. The third-order valence-corrected chi connectivity index (χ3v) is 3.71. The van der Waals surface area contributed by atoms with Gasteiger partial charge in [-0.15, -0.1) is 0 Å². The van der Waals surface area contributed by atoms with E-state index >= 15 is 0 Å². The first-order chi connectivity index (χ1) is 11.0. The van der Waals surface area contributed by atoms with Crippen molar-refractivity contribution >= 4 is 17.5 Å². The fourth-order valence-corrected chi connectivity index (χ4v) is 2.32. The van der Waals surface area contributed by atoms with Crippen molar-refractivity contribution in [1.82, 2.24) is 20.1 Å². The van der Waals surface area contributed by atoms with E-state index in [1.807, 2.05) is 13.0 Å². The van der Waals surface area contributed by atoms with Crippen molar-refractivity contribution < 1.29 is 14.3 Å². The Morgan fingerprint density at radius 3 is 3.00 bits per heavy atom. The van der Waals surface area contributed by atoms with Gasteiger partial charge in [0.15, 0.2) is 6.61 Å². The number of aromatic nitrogens is 3. The van der Waals surface area contributed by atoms with Crippen LogP contribution in [0.25, 0.3) is 0 Å². The average Bonchev–Trinajstić information content (AvgIpc) is 3.07. The molecule has 2 heterocycles. The summed E-state index contributed by atoms with van der Waals surface area (Å²) in [6.07, 6.45) is 2.89. The molecule has 1 aromatic carbocycles. The minimum Gasteiger partial charge on any atom is -0.482 e. The maximum atomic E-state index is 12.3.